The summed E-state index contributed by atoms with van der Waals surface area (Å²) in [6.45, 7) is 0. The van der Waals surface area contributed by atoms with Crippen molar-refractivity contribution in [3.63, 3.8) is 0 Å². The average Bonchev–Trinajstić information content (AvgIpc) is 2.87. The van der Waals surface area contributed by atoms with Crippen LogP contribution < -0.4 is 5.43 Å². The van der Waals surface area contributed by atoms with E-state index in [9.17, 15) is 23.2 Å². The molecule has 1 aliphatic carbocycles. The van der Waals surface area contributed by atoms with Crippen molar-refractivity contribution >= 4 is 34.4 Å². The Morgan fingerprint density at radius 2 is 1.72 bits per heavy atom. The lowest BCUT2D eigenvalue weighted by molar-refractivity contribution is -0.137. The molecule has 0 radical (unpaired) electrons. The van der Waals surface area contributed by atoms with E-state index >= 15 is 0 Å². The van der Waals surface area contributed by atoms with Crippen molar-refractivity contribution in [2.45, 2.75) is 24.9 Å². The van der Waals surface area contributed by atoms with Crippen LogP contribution in [0.2, 0.25) is 5.02 Å². The Balaban J connectivity index is 1.64. The highest BCUT2D eigenvalue weighted by molar-refractivity contribution is 6.31. The number of halogens is 4. The van der Waals surface area contributed by atoms with Crippen LogP contribution in [-0.2, 0) is 12.6 Å². The lowest BCUT2D eigenvalue weighted by Gasteiger charge is -2.27. The third-order valence-electron chi connectivity index (χ3n) is 6.27. The normalized spacial score (nSPS) is 17.1. The van der Waals surface area contributed by atoms with Crippen LogP contribution in [0.15, 0.2) is 87.8 Å². The Labute approximate surface area is 208 Å². The minimum Gasteiger partial charge on any atom is -0.428 e. The predicted octanol–water partition coefficient (Wildman–Crippen LogP) is 6.46. The molecule has 0 amide bonds. The number of hydrogen-bond acceptors (Lipinski definition) is 4. The van der Waals surface area contributed by atoms with E-state index in [0.29, 0.717) is 22.0 Å². The summed E-state index contributed by atoms with van der Waals surface area (Å²) in [4.78, 5) is 13.5. The molecule has 3 aromatic carbocycles. The highest BCUT2D eigenvalue weighted by Gasteiger charge is 2.33. The maximum absolute atomic E-state index is 13.5. The minimum atomic E-state index is -4.44. The maximum atomic E-state index is 13.5. The van der Waals surface area contributed by atoms with Gasteiger partial charge in [-0.1, -0.05) is 54.1 Å². The molecular weight excluding hydrogens is 491 g/mol. The number of fused-ring (bicyclic) bond motifs is 2. The second kappa shape index (κ2) is 9.28. The Bertz CT molecular complexity index is 1560. The van der Waals surface area contributed by atoms with Gasteiger partial charge in [-0.25, -0.2) is 0 Å². The fourth-order valence-corrected chi connectivity index (χ4v) is 4.67. The summed E-state index contributed by atoms with van der Waals surface area (Å²) < 4.78 is 40.1. The van der Waals surface area contributed by atoms with Gasteiger partial charge in [0.15, 0.2) is 5.43 Å². The summed E-state index contributed by atoms with van der Waals surface area (Å²) in [6, 6.07) is 18.8. The summed E-state index contributed by atoms with van der Waals surface area (Å²) in [5.41, 5.74) is 1.52. The Morgan fingerprint density at radius 1 is 1.00 bits per heavy atom. The van der Waals surface area contributed by atoms with Gasteiger partial charge >= 0.3 is 6.18 Å². The summed E-state index contributed by atoms with van der Waals surface area (Å²) in [5.74, 6) is -0.326. The first kappa shape index (κ1) is 23.8. The third-order valence-corrected chi connectivity index (χ3v) is 6.50. The average molecular weight is 510 g/mol. The molecular formula is C27H19ClF3N3O2. The number of alkyl halides is 3. The third kappa shape index (κ3) is 4.52. The largest absolute Gasteiger partial charge is 0.428 e. The van der Waals surface area contributed by atoms with E-state index in [1.165, 1.54) is 18.2 Å². The number of hydrogen-bond donors (Lipinski definition) is 1. The van der Waals surface area contributed by atoms with E-state index in [2.05, 4.69) is 10.2 Å². The van der Waals surface area contributed by atoms with Crippen LogP contribution in [0, 0.1) is 0 Å². The molecule has 1 N–H and O–H groups in total. The van der Waals surface area contributed by atoms with Crippen LogP contribution in [0.4, 0.5) is 13.2 Å². The molecule has 1 aromatic heterocycles. The second-order valence-corrected chi connectivity index (χ2v) is 8.99. The summed E-state index contributed by atoms with van der Waals surface area (Å²) in [5, 5.41) is 20.1. The number of nitrogens with zero attached hydrogens (tertiary/aromatic N) is 3. The predicted molar refractivity (Wildman–Crippen MR) is 133 cm³/mol. The first-order chi connectivity index (χ1) is 17.2. The summed E-state index contributed by atoms with van der Waals surface area (Å²) in [7, 11) is 0. The van der Waals surface area contributed by atoms with Crippen LogP contribution in [0.1, 0.15) is 40.3 Å². The monoisotopic (exact) mass is 509 g/mol. The van der Waals surface area contributed by atoms with Crippen molar-refractivity contribution in [3.8, 4) is 0 Å². The molecule has 36 heavy (non-hydrogen) atoms. The van der Waals surface area contributed by atoms with Gasteiger partial charge < -0.3 is 5.21 Å². The molecule has 1 aliphatic rings. The fraction of sp³-hybridized carbons (Fsp3) is 0.148. The molecule has 1 heterocycles. The van der Waals surface area contributed by atoms with Crippen molar-refractivity contribution in [1.82, 2.24) is 4.73 Å². The quantitative estimate of drug-likeness (QED) is 0.195. The summed E-state index contributed by atoms with van der Waals surface area (Å²) >= 11 is 6.10. The minimum absolute atomic E-state index is 0.223. The zero-order chi connectivity index (χ0) is 25.4. The van der Waals surface area contributed by atoms with Gasteiger partial charge in [0.1, 0.15) is 0 Å². The smallest absolute Gasteiger partial charge is 0.416 e. The molecule has 9 heteroatoms. The van der Waals surface area contributed by atoms with E-state index in [1.54, 1.807) is 18.3 Å². The van der Waals surface area contributed by atoms with E-state index in [0.717, 1.165) is 22.4 Å². The molecule has 4 aromatic rings. The van der Waals surface area contributed by atoms with Gasteiger partial charge in [-0.05, 0) is 60.2 Å². The van der Waals surface area contributed by atoms with Gasteiger partial charge in [-0.3, -0.25) is 4.79 Å². The van der Waals surface area contributed by atoms with Crippen molar-refractivity contribution in [1.29, 1.82) is 0 Å². The van der Waals surface area contributed by atoms with Crippen LogP contribution >= 0.6 is 11.6 Å². The number of rotatable bonds is 3. The van der Waals surface area contributed by atoms with Crippen LogP contribution in [0.3, 0.4) is 0 Å². The SMILES string of the molecule is O=c1c2c(n(O)c3ccc(Cl)cc13)CC(c1ccc(C(F)(F)F)cc1)CC2=NN=Cc1ccccc1. The molecule has 0 spiro atoms. The van der Waals surface area contributed by atoms with E-state index in [4.69, 9.17) is 11.6 Å². The van der Waals surface area contributed by atoms with Gasteiger partial charge in [0.2, 0.25) is 0 Å². The zero-order valence-corrected chi connectivity index (χ0v) is 19.5. The summed E-state index contributed by atoms with van der Waals surface area (Å²) in [6.07, 6.45) is -2.41. The van der Waals surface area contributed by atoms with Gasteiger partial charge in [0.05, 0.1) is 39.7 Å². The molecule has 0 fully saturated rings. The first-order valence-electron chi connectivity index (χ1n) is 11.1. The van der Waals surface area contributed by atoms with Crippen molar-refractivity contribution in [2.75, 3.05) is 0 Å². The molecule has 0 bridgehead atoms. The molecule has 182 valence electrons. The van der Waals surface area contributed by atoms with Gasteiger partial charge in [-0.15, -0.1) is 0 Å². The lowest BCUT2D eigenvalue weighted by atomic mass is 9.80. The van der Waals surface area contributed by atoms with Gasteiger partial charge in [0.25, 0.3) is 0 Å². The maximum Gasteiger partial charge on any atom is 0.416 e. The van der Waals surface area contributed by atoms with E-state index < -0.39 is 11.7 Å². The fourth-order valence-electron chi connectivity index (χ4n) is 4.49. The Morgan fingerprint density at radius 3 is 2.42 bits per heavy atom. The van der Waals surface area contributed by atoms with Crippen molar-refractivity contribution in [3.05, 3.63) is 116 Å². The lowest BCUT2D eigenvalue weighted by Crippen LogP contribution is -2.31. The van der Waals surface area contributed by atoms with E-state index in [1.807, 2.05) is 30.3 Å². The Kier molecular flexibility index (Phi) is 6.14. The Hall–Kier alpha value is -3.91. The zero-order valence-electron chi connectivity index (χ0n) is 18.7. The van der Waals surface area contributed by atoms with Crippen molar-refractivity contribution in [2.24, 2.45) is 10.2 Å². The van der Waals surface area contributed by atoms with Crippen molar-refractivity contribution < 1.29 is 18.4 Å². The van der Waals surface area contributed by atoms with Crippen LogP contribution in [0.25, 0.3) is 10.9 Å². The molecule has 5 nitrogen and oxygen atoms in total. The first-order valence-corrected chi connectivity index (χ1v) is 11.5. The topological polar surface area (TPSA) is 67.0 Å². The van der Waals surface area contributed by atoms with Crippen LogP contribution in [0.5, 0.6) is 0 Å². The molecule has 0 aliphatic heterocycles. The highest BCUT2D eigenvalue weighted by atomic mass is 35.5. The molecule has 5 rings (SSSR count). The molecule has 0 saturated carbocycles. The number of pyridine rings is 1. The molecule has 0 saturated heterocycles. The molecule has 1 atom stereocenters. The van der Waals surface area contributed by atoms with Crippen LogP contribution in [-0.4, -0.2) is 21.9 Å². The second-order valence-electron chi connectivity index (χ2n) is 8.55. The highest BCUT2D eigenvalue weighted by Crippen LogP contribution is 2.35. The number of aromatic nitrogens is 1. The van der Waals surface area contributed by atoms with Gasteiger partial charge in [-0.2, -0.15) is 28.1 Å². The number of benzene rings is 3. The molecule has 1 unspecified atom stereocenters. The standard InChI is InChI=1S/C27H19ClF3N3O2/c28-20-10-11-23-21(14-20)26(35)25-22(33-32-15-16-4-2-1-3-5-16)12-18(13-24(25)34(23)36)17-6-8-19(9-7-17)27(29,30)31/h1-11,14-15,18,36H,12-13H2. The van der Waals surface area contributed by atoms with Gasteiger partial charge in [0, 0.05) is 5.02 Å². The van der Waals surface area contributed by atoms with E-state index in [-0.39, 0.29) is 40.7 Å².